The molecule has 0 spiro atoms. The molecule has 0 bridgehead atoms. The number of ether oxygens (including phenoxy) is 2. The Hall–Kier alpha value is -2.60. The van der Waals surface area contributed by atoms with Crippen molar-refractivity contribution in [2.45, 2.75) is 18.9 Å². The van der Waals surface area contributed by atoms with E-state index in [4.69, 9.17) is 9.47 Å². The molecule has 6 nitrogen and oxygen atoms in total. The van der Waals surface area contributed by atoms with Gasteiger partial charge in [-0.15, -0.1) is 0 Å². The second kappa shape index (κ2) is 5.55. The van der Waals surface area contributed by atoms with Gasteiger partial charge in [0.1, 0.15) is 0 Å². The van der Waals surface area contributed by atoms with Crippen LogP contribution in [0.5, 0.6) is 11.5 Å². The fourth-order valence-electron chi connectivity index (χ4n) is 3.20. The normalized spacial score (nSPS) is 18.5. The molecule has 2 aliphatic rings. The fourth-order valence-corrected chi connectivity index (χ4v) is 3.20. The van der Waals surface area contributed by atoms with Crippen LogP contribution in [0, 0.1) is 10.1 Å². The van der Waals surface area contributed by atoms with Crippen molar-refractivity contribution in [3.63, 3.8) is 0 Å². The quantitative estimate of drug-likeness (QED) is 0.697. The number of rotatable bonds is 3. The van der Waals surface area contributed by atoms with Gasteiger partial charge in [-0.3, -0.25) is 10.1 Å². The minimum Gasteiger partial charge on any atom is -0.454 e. The molecule has 23 heavy (non-hydrogen) atoms. The van der Waals surface area contributed by atoms with Crippen molar-refractivity contribution < 1.29 is 14.4 Å². The molecule has 0 amide bonds. The van der Waals surface area contributed by atoms with Crippen LogP contribution < -0.4 is 14.8 Å². The van der Waals surface area contributed by atoms with E-state index in [1.165, 1.54) is 11.1 Å². The molecule has 0 fully saturated rings. The maximum atomic E-state index is 10.7. The fraction of sp³-hybridized carbons (Fsp3) is 0.294. The molecule has 2 aliphatic heterocycles. The van der Waals surface area contributed by atoms with Gasteiger partial charge in [0, 0.05) is 18.2 Å². The summed E-state index contributed by atoms with van der Waals surface area (Å²) in [6, 6.07) is 11.1. The van der Waals surface area contributed by atoms with E-state index in [1.807, 2.05) is 12.1 Å². The second-order valence-electron chi connectivity index (χ2n) is 5.79. The van der Waals surface area contributed by atoms with E-state index in [1.54, 1.807) is 12.1 Å². The highest BCUT2D eigenvalue weighted by molar-refractivity contribution is 5.51. The predicted octanol–water partition coefficient (Wildman–Crippen LogP) is 2.75. The number of non-ortho nitro benzene ring substituents is 1. The SMILES string of the molecule is O=[N+]([O-])c1ccc(CC2NCCc3cc4c(cc32)OCO4)cc1. The smallest absolute Gasteiger partial charge is 0.269 e. The molecule has 4 rings (SSSR count). The van der Waals surface area contributed by atoms with Crippen molar-refractivity contribution in [1.82, 2.24) is 5.32 Å². The van der Waals surface area contributed by atoms with E-state index in [0.29, 0.717) is 0 Å². The first-order valence-corrected chi connectivity index (χ1v) is 7.60. The molecule has 2 aromatic carbocycles. The van der Waals surface area contributed by atoms with Crippen LogP contribution in [0.1, 0.15) is 22.7 Å². The Morgan fingerprint density at radius 2 is 1.91 bits per heavy atom. The summed E-state index contributed by atoms with van der Waals surface area (Å²) in [6.45, 7) is 1.18. The van der Waals surface area contributed by atoms with E-state index in [0.717, 1.165) is 36.4 Å². The zero-order valence-corrected chi connectivity index (χ0v) is 12.5. The van der Waals surface area contributed by atoms with Crippen molar-refractivity contribution in [3.8, 4) is 11.5 Å². The van der Waals surface area contributed by atoms with Crippen molar-refractivity contribution in [3.05, 3.63) is 63.2 Å². The molecule has 0 saturated heterocycles. The summed E-state index contributed by atoms with van der Waals surface area (Å²) < 4.78 is 10.9. The molecular formula is C17H16N2O4. The van der Waals surface area contributed by atoms with Gasteiger partial charge in [0.15, 0.2) is 11.5 Å². The molecule has 6 heteroatoms. The number of nitro benzene ring substituents is 1. The molecule has 1 N–H and O–H groups in total. The first kappa shape index (κ1) is 14.0. The van der Waals surface area contributed by atoms with Crippen LogP contribution in [-0.2, 0) is 12.8 Å². The molecule has 0 aliphatic carbocycles. The van der Waals surface area contributed by atoms with Gasteiger partial charge in [-0.05, 0) is 48.2 Å². The average Bonchev–Trinajstić information content (AvgIpc) is 3.01. The highest BCUT2D eigenvalue weighted by Crippen LogP contribution is 2.39. The summed E-state index contributed by atoms with van der Waals surface area (Å²) in [5.41, 5.74) is 3.69. The molecule has 0 aromatic heterocycles. The van der Waals surface area contributed by atoms with E-state index in [-0.39, 0.29) is 23.4 Å². The lowest BCUT2D eigenvalue weighted by Gasteiger charge is -2.27. The standard InChI is InChI=1S/C17H16N2O4/c20-19(21)13-3-1-11(2-4-13)7-15-14-9-17-16(22-10-23-17)8-12(14)5-6-18-15/h1-4,8-9,15,18H,5-7,10H2. The van der Waals surface area contributed by atoms with Crippen molar-refractivity contribution in [2.75, 3.05) is 13.3 Å². The van der Waals surface area contributed by atoms with Gasteiger partial charge < -0.3 is 14.8 Å². The van der Waals surface area contributed by atoms with Gasteiger partial charge in [0.25, 0.3) is 5.69 Å². The highest BCUT2D eigenvalue weighted by Gasteiger charge is 2.25. The van der Waals surface area contributed by atoms with Crippen LogP contribution >= 0.6 is 0 Å². The van der Waals surface area contributed by atoms with Crippen LogP contribution in [0.15, 0.2) is 36.4 Å². The lowest BCUT2D eigenvalue weighted by atomic mass is 9.90. The van der Waals surface area contributed by atoms with Gasteiger partial charge in [-0.25, -0.2) is 0 Å². The summed E-state index contributed by atoms with van der Waals surface area (Å²) >= 11 is 0. The summed E-state index contributed by atoms with van der Waals surface area (Å²) in [7, 11) is 0. The average molecular weight is 312 g/mol. The number of hydrogen-bond acceptors (Lipinski definition) is 5. The maximum absolute atomic E-state index is 10.7. The third-order valence-corrected chi connectivity index (χ3v) is 4.38. The minimum atomic E-state index is -0.376. The molecule has 118 valence electrons. The van der Waals surface area contributed by atoms with Crippen molar-refractivity contribution in [2.24, 2.45) is 0 Å². The predicted molar refractivity (Wildman–Crippen MR) is 83.8 cm³/mol. The van der Waals surface area contributed by atoms with E-state index < -0.39 is 0 Å². The Morgan fingerprint density at radius 1 is 1.17 bits per heavy atom. The number of nitro groups is 1. The maximum Gasteiger partial charge on any atom is 0.269 e. The first-order valence-electron chi connectivity index (χ1n) is 7.60. The zero-order valence-electron chi connectivity index (χ0n) is 12.5. The lowest BCUT2D eigenvalue weighted by molar-refractivity contribution is -0.384. The molecule has 0 radical (unpaired) electrons. The molecule has 2 aromatic rings. The van der Waals surface area contributed by atoms with Crippen LogP contribution in [0.2, 0.25) is 0 Å². The van der Waals surface area contributed by atoms with Crippen molar-refractivity contribution in [1.29, 1.82) is 0 Å². The molecule has 2 heterocycles. The Balaban J connectivity index is 1.60. The van der Waals surface area contributed by atoms with Crippen molar-refractivity contribution >= 4 is 5.69 Å². The third kappa shape index (κ3) is 2.61. The number of fused-ring (bicyclic) bond motifs is 2. The lowest BCUT2D eigenvalue weighted by Crippen LogP contribution is -2.31. The minimum absolute atomic E-state index is 0.120. The van der Waals surface area contributed by atoms with Gasteiger partial charge >= 0.3 is 0 Å². The Bertz CT molecular complexity index is 758. The first-order chi connectivity index (χ1) is 11.2. The second-order valence-corrected chi connectivity index (χ2v) is 5.79. The third-order valence-electron chi connectivity index (χ3n) is 4.38. The topological polar surface area (TPSA) is 73.6 Å². The molecule has 1 atom stereocenters. The molecular weight excluding hydrogens is 296 g/mol. The summed E-state index contributed by atoms with van der Waals surface area (Å²) in [5, 5.41) is 14.3. The largest absolute Gasteiger partial charge is 0.454 e. The summed E-state index contributed by atoms with van der Waals surface area (Å²) in [6.07, 6.45) is 1.74. The highest BCUT2D eigenvalue weighted by atomic mass is 16.7. The van der Waals surface area contributed by atoms with E-state index >= 15 is 0 Å². The van der Waals surface area contributed by atoms with Crippen LogP contribution in [0.4, 0.5) is 5.69 Å². The van der Waals surface area contributed by atoms with Gasteiger partial charge in [-0.1, -0.05) is 12.1 Å². The Morgan fingerprint density at radius 3 is 2.65 bits per heavy atom. The number of nitrogens with zero attached hydrogens (tertiary/aromatic N) is 1. The number of benzene rings is 2. The monoisotopic (exact) mass is 312 g/mol. The Kier molecular flexibility index (Phi) is 3.38. The summed E-state index contributed by atoms with van der Waals surface area (Å²) in [4.78, 5) is 10.4. The van der Waals surface area contributed by atoms with Gasteiger partial charge in [0.05, 0.1) is 4.92 Å². The van der Waals surface area contributed by atoms with Gasteiger partial charge in [0.2, 0.25) is 6.79 Å². The molecule has 0 saturated carbocycles. The van der Waals surface area contributed by atoms with Crippen LogP contribution in [0.3, 0.4) is 0 Å². The number of nitrogens with one attached hydrogen (secondary N) is 1. The van der Waals surface area contributed by atoms with E-state index in [2.05, 4.69) is 17.4 Å². The number of hydrogen-bond donors (Lipinski definition) is 1. The van der Waals surface area contributed by atoms with Gasteiger partial charge in [-0.2, -0.15) is 0 Å². The summed E-state index contributed by atoms with van der Waals surface area (Å²) in [5.74, 6) is 1.61. The van der Waals surface area contributed by atoms with E-state index in [9.17, 15) is 10.1 Å². The molecule has 1 unspecified atom stereocenters. The van der Waals surface area contributed by atoms with Crippen LogP contribution in [-0.4, -0.2) is 18.3 Å². The Labute approximate surface area is 133 Å². The van der Waals surface area contributed by atoms with Crippen LogP contribution in [0.25, 0.3) is 0 Å². The zero-order chi connectivity index (χ0) is 15.8.